The lowest BCUT2D eigenvalue weighted by atomic mass is 9.81. The summed E-state index contributed by atoms with van der Waals surface area (Å²) in [5.74, 6) is -4.93. The molecule has 0 aliphatic carbocycles. The van der Waals surface area contributed by atoms with E-state index in [9.17, 15) is 62.4 Å². The van der Waals surface area contributed by atoms with Crippen LogP contribution in [-0.2, 0) is 56.6 Å². The second-order valence-corrected chi connectivity index (χ2v) is 36.1. The predicted molar refractivity (Wildman–Crippen MR) is 517 cm³/mol. The number of aromatic carboxylic acids is 4. The lowest BCUT2D eigenvalue weighted by Crippen LogP contribution is -2.27. The van der Waals surface area contributed by atoms with Crippen LogP contribution in [0.2, 0.25) is 0 Å². The summed E-state index contributed by atoms with van der Waals surface area (Å²) >= 11 is 0. The Kier molecular flexibility index (Phi) is 24.7. The molecule has 0 atom stereocenters. The third-order valence-electron chi connectivity index (χ3n) is 25.4. The summed E-state index contributed by atoms with van der Waals surface area (Å²) in [6.07, 6.45) is 9.25. The van der Waals surface area contributed by atoms with Crippen LogP contribution in [0.15, 0.2) is 244 Å². The molecule has 23 nitrogen and oxygen atoms in total. The van der Waals surface area contributed by atoms with E-state index in [2.05, 4.69) is 102 Å². The van der Waals surface area contributed by atoms with Gasteiger partial charge < -0.3 is 43.8 Å². The standard InChI is InChI=1S/C28H22FN3O2.C27H22FN3O3.2C27H24FN3O3/c1-28(2,11-12-30)26-25(17-3-5-18(6-4-17)27(33)34)23-13-19-15-31-16-20(19)14-24(23)32(26)22-9-7-21(29)8-10-22;28-20-5-7-21(8-6-20)31-25(17-9-11-34-12-10-17)24(16-1-3-18(4-2-16)27(32)33)22-13-19-14-29-15-23(19)30-26(22)31;1-27(2,15-34-3)25-23(16-4-6-17(7-5-16)26(32)33)24-22(12-18-13-29-14-21(18)30-24)31(25)20-10-8-19(28)9-11-20;1-27(2,15-34-3)24-23(16-4-6-17(7-5-16)26(32)33)21-12-18-13-29-14-22(18)30-25(21)31(24)20-10-8-19(28)9-11-20/h3-10,13-14,16H,11,15H2,1-2H3,(H,33,34);1-8,13,15,17H,9-12,14H2,(H,32,33);4-13H,14-15H2,1-3H3,(H,32,33);4-12,14H,13,15H2,1-3H3,(H,32,33). The number of ether oxygens (including phenoxy) is 3. The zero-order valence-corrected chi connectivity index (χ0v) is 75.6. The molecule has 0 bridgehead atoms. The zero-order chi connectivity index (χ0) is 95.3. The number of nitriles is 1. The second kappa shape index (κ2) is 37.0. The fourth-order valence-electron chi connectivity index (χ4n) is 19.2. The fraction of sp³-hybridized carbons (Fsp3) is 0.211. The molecule has 5 aliphatic rings. The number of carboxylic acids is 4. The van der Waals surface area contributed by atoms with Crippen LogP contribution < -0.4 is 0 Å². The molecule has 0 radical (unpaired) electrons. The molecule has 12 heterocycles. The van der Waals surface area contributed by atoms with Crippen molar-refractivity contribution < 1.29 is 71.4 Å². The molecular weight excluding hydrogens is 1730 g/mol. The van der Waals surface area contributed by atoms with Gasteiger partial charge in [-0.1, -0.05) is 90.1 Å². The number of carboxylic acid groups (broad SMARTS) is 4. The highest BCUT2D eigenvalue weighted by Crippen LogP contribution is 2.50. The van der Waals surface area contributed by atoms with E-state index in [1.165, 1.54) is 48.5 Å². The number of halogens is 4. The summed E-state index contributed by atoms with van der Waals surface area (Å²) in [4.78, 5) is 78.3. The number of pyridine rings is 3. The van der Waals surface area contributed by atoms with E-state index in [4.69, 9.17) is 29.2 Å². The van der Waals surface area contributed by atoms with Crippen molar-refractivity contribution in [1.82, 2.24) is 33.2 Å². The molecule has 21 rings (SSSR count). The van der Waals surface area contributed by atoms with Gasteiger partial charge >= 0.3 is 23.9 Å². The molecule has 1 fully saturated rings. The number of hydrogen-bond acceptors (Lipinski definition) is 15. The van der Waals surface area contributed by atoms with Crippen LogP contribution >= 0.6 is 0 Å². The minimum absolute atomic E-state index is 0.207. The van der Waals surface area contributed by atoms with Crippen molar-refractivity contribution in [2.24, 2.45) is 20.0 Å². The van der Waals surface area contributed by atoms with Gasteiger partial charge in [0, 0.05) is 182 Å². The summed E-state index contributed by atoms with van der Waals surface area (Å²) in [6, 6.07) is 65.9. The monoisotopic (exact) mass is 1820 g/mol. The van der Waals surface area contributed by atoms with Crippen LogP contribution in [0.5, 0.6) is 0 Å². The van der Waals surface area contributed by atoms with E-state index in [0.717, 1.165) is 192 Å². The topological polar surface area (TPSA) is 309 Å². The Hall–Kier alpha value is -15.8. The molecule has 136 heavy (non-hydrogen) atoms. The molecule has 4 N–H and O–H groups in total. The first-order valence-corrected chi connectivity index (χ1v) is 44.3. The van der Waals surface area contributed by atoms with Gasteiger partial charge in [0.2, 0.25) is 0 Å². The smallest absolute Gasteiger partial charge is 0.335 e. The van der Waals surface area contributed by atoms with Gasteiger partial charge in [0.1, 0.15) is 34.6 Å². The maximum Gasteiger partial charge on any atom is 0.335 e. The molecule has 1 saturated heterocycles. The molecule has 0 saturated carbocycles. The van der Waals surface area contributed by atoms with Gasteiger partial charge in [-0.25, -0.2) is 51.7 Å². The molecule has 9 aromatic carbocycles. The average molecular weight is 1820 g/mol. The summed E-state index contributed by atoms with van der Waals surface area (Å²) in [6.45, 7) is 16.9. The zero-order valence-electron chi connectivity index (χ0n) is 75.6. The van der Waals surface area contributed by atoms with Crippen molar-refractivity contribution in [3.05, 3.63) is 338 Å². The predicted octanol–water partition coefficient (Wildman–Crippen LogP) is 22.4. The maximum atomic E-state index is 13.8. The SMILES string of the molecule is CC(C)(CC#N)c1c(-c2ccc(C(=O)O)cc2)c2cc3c(cc2n1-c1ccc(F)cc1)C=NC3.COCC(C)(C)c1c(-c2ccc(C(=O)O)cc2)c2cc3c(nc2n1-c1ccc(F)cc1)C=NC3.COCC(C)(C)c1c(-c2ccc(C(=O)O)cc2)c2nc3c(cc2n1-c1ccc(F)cc1)C=NC3.O=C(O)c1ccc(-c2c(C3CCOCC3)n(-c3ccc(F)cc3)c3nc4c(cc23)CN=C4)cc1. The molecule has 7 aromatic heterocycles. The van der Waals surface area contributed by atoms with Crippen molar-refractivity contribution in [3.63, 3.8) is 0 Å². The average Bonchev–Trinajstić information content (AvgIpc) is 1.58. The highest BCUT2D eigenvalue weighted by atomic mass is 19.1. The number of nitrogens with zero attached hydrogens (tertiary/aromatic N) is 12. The van der Waals surface area contributed by atoms with E-state index < -0.39 is 40.1 Å². The number of aromatic nitrogens is 7. The van der Waals surface area contributed by atoms with Crippen LogP contribution in [-0.4, -0.2) is 143 Å². The number of rotatable bonds is 21. The number of methoxy groups -OCH3 is 2. The second-order valence-electron chi connectivity index (χ2n) is 36.1. The third-order valence-corrected chi connectivity index (χ3v) is 25.4. The van der Waals surface area contributed by atoms with Gasteiger partial charge in [0.25, 0.3) is 0 Å². The van der Waals surface area contributed by atoms with Crippen LogP contribution in [0.1, 0.15) is 176 Å². The van der Waals surface area contributed by atoms with E-state index in [1.807, 2.05) is 74.8 Å². The summed E-state index contributed by atoms with van der Waals surface area (Å²) in [5, 5.41) is 50.0. The van der Waals surface area contributed by atoms with Crippen LogP contribution in [0, 0.1) is 34.6 Å². The minimum atomic E-state index is -0.986. The van der Waals surface area contributed by atoms with Gasteiger partial charge in [-0.15, -0.1) is 0 Å². The van der Waals surface area contributed by atoms with E-state index >= 15 is 0 Å². The van der Waals surface area contributed by atoms with Crippen molar-refractivity contribution >= 4 is 92.7 Å². The first-order chi connectivity index (χ1) is 65.5. The van der Waals surface area contributed by atoms with Crippen LogP contribution in [0.25, 0.3) is 111 Å². The molecular formula is C109H92F4N12O11. The Morgan fingerprint density at radius 2 is 0.757 bits per heavy atom. The van der Waals surface area contributed by atoms with E-state index in [0.29, 0.717) is 52.6 Å². The first kappa shape index (κ1) is 90.8. The molecule has 0 amide bonds. The van der Waals surface area contributed by atoms with Gasteiger partial charge in [0.05, 0.1) is 101 Å². The molecule has 5 aliphatic heterocycles. The lowest BCUT2D eigenvalue weighted by Gasteiger charge is -2.28. The lowest BCUT2D eigenvalue weighted by molar-refractivity contribution is 0.0686. The van der Waals surface area contributed by atoms with Crippen molar-refractivity contribution in [1.29, 1.82) is 5.26 Å². The minimum Gasteiger partial charge on any atom is -0.478 e. The molecule has 16 aromatic rings. The fourth-order valence-corrected chi connectivity index (χ4v) is 19.2. The highest BCUT2D eigenvalue weighted by Gasteiger charge is 2.39. The van der Waals surface area contributed by atoms with Gasteiger partial charge in [-0.3, -0.25) is 29.1 Å². The molecule has 0 unspecified atom stereocenters. The molecule has 682 valence electrons. The van der Waals surface area contributed by atoms with Gasteiger partial charge in [-0.05, 0) is 222 Å². The molecule has 27 heteroatoms. The van der Waals surface area contributed by atoms with Crippen molar-refractivity contribution in [2.75, 3.05) is 40.6 Å². The Balaban J connectivity index is 0.000000121. The van der Waals surface area contributed by atoms with E-state index in [1.54, 1.807) is 124 Å². The summed E-state index contributed by atoms with van der Waals surface area (Å²) in [7, 11) is 3.33. The number of aliphatic imine (C=N–C) groups is 4. The van der Waals surface area contributed by atoms with Crippen LogP contribution in [0.4, 0.5) is 17.6 Å². The van der Waals surface area contributed by atoms with Crippen molar-refractivity contribution in [3.8, 4) is 73.3 Å². The third kappa shape index (κ3) is 17.3. The largest absolute Gasteiger partial charge is 0.478 e. The highest BCUT2D eigenvalue weighted by molar-refractivity contribution is 6.07. The van der Waals surface area contributed by atoms with Crippen molar-refractivity contribution in [2.45, 2.75) is 109 Å². The Bertz CT molecular complexity index is 7390. The van der Waals surface area contributed by atoms with Gasteiger partial charge in [-0.2, -0.15) is 5.26 Å². The quantitative estimate of drug-likeness (QED) is 0.0486. The van der Waals surface area contributed by atoms with Crippen LogP contribution in [0.3, 0.4) is 0 Å². The van der Waals surface area contributed by atoms with Gasteiger partial charge in [0.15, 0.2) is 0 Å². The van der Waals surface area contributed by atoms with E-state index in [-0.39, 0.29) is 57.9 Å². The summed E-state index contributed by atoms with van der Waals surface area (Å²) in [5.41, 5.74) is 25.7. The number of benzene rings is 9. The summed E-state index contributed by atoms with van der Waals surface area (Å²) < 4.78 is 80.5. The number of fused-ring (bicyclic) bond motifs is 8. The normalized spacial score (nSPS) is 13.6. The Morgan fingerprint density at radius 3 is 1.21 bits per heavy atom. The number of hydrogen-bond donors (Lipinski definition) is 4. The molecule has 0 spiro atoms. The Labute approximate surface area is 779 Å². The number of carbonyl (C=O) groups is 4. The Morgan fingerprint density at radius 1 is 0.404 bits per heavy atom. The maximum absolute atomic E-state index is 13.8. The first-order valence-electron chi connectivity index (χ1n) is 44.3.